The number of para-hydroxylation sites is 1. The zero-order chi connectivity index (χ0) is 20.1. The number of carbonyl (C=O) groups excluding carboxylic acids is 2. The number of esters is 1. The molecule has 0 radical (unpaired) electrons. The van der Waals surface area contributed by atoms with E-state index in [1.54, 1.807) is 12.3 Å². The molecule has 0 bridgehead atoms. The van der Waals surface area contributed by atoms with Gasteiger partial charge in [-0.15, -0.1) is 0 Å². The Morgan fingerprint density at radius 1 is 1.11 bits per heavy atom. The zero-order valence-electron chi connectivity index (χ0n) is 15.9. The topological polar surface area (TPSA) is 82.5 Å². The molecule has 0 saturated heterocycles. The number of anilines is 1. The molecule has 3 aromatic rings. The fraction of sp³-hybridized carbons (Fsp3) is 0.190. The summed E-state index contributed by atoms with van der Waals surface area (Å²) in [7, 11) is 1.44. The van der Waals surface area contributed by atoms with Gasteiger partial charge in [-0.2, -0.15) is 5.10 Å². The highest BCUT2D eigenvalue weighted by molar-refractivity contribution is 5.97. The average molecular weight is 379 g/mol. The standard InChI is InChI=1S/C21H21N3O4/c1-14-8-7-9-16(12-14)22-20(25)15(2)28-21(26)19-18(27-3)13-24(23-19)17-10-5-4-6-11-17/h4-13,15H,1-3H3,(H,22,25)/t15-/m0/s1. The molecular formula is C21H21N3O4. The van der Waals surface area contributed by atoms with Crippen LogP contribution in [0, 0.1) is 6.92 Å². The molecule has 0 spiro atoms. The van der Waals surface area contributed by atoms with Gasteiger partial charge >= 0.3 is 5.97 Å². The summed E-state index contributed by atoms with van der Waals surface area (Å²) in [5.74, 6) is -0.904. The maximum absolute atomic E-state index is 12.5. The molecule has 0 aliphatic carbocycles. The van der Waals surface area contributed by atoms with Gasteiger partial charge in [0.25, 0.3) is 5.91 Å². The normalized spacial score (nSPS) is 11.5. The minimum atomic E-state index is -1.00. The third-order valence-corrected chi connectivity index (χ3v) is 4.05. The van der Waals surface area contributed by atoms with Crippen LogP contribution in [-0.2, 0) is 9.53 Å². The first-order valence-electron chi connectivity index (χ1n) is 8.75. The van der Waals surface area contributed by atoms with Gasteiger partial charge in [-0.1, -0.05) is 30.3 Å². The number of hydrogen-bond donors (Lipinski definition) is 1. The predicted molar refractivity (Wildman–Crippen MR) is 105 cm³/mol. The van der Waals surface area contributed by atoms with E-state index in [2.05, 4.69) is 10.4 Å². The van der Waals surface area contributed by atoms with E-state index in [9.17, 15) is 9.59 Å². The molecule has 1 amide bonds. The fourth-order valence-electron chi connectivity index (χ4n) is 2.60. The fourth-order valence-corrected chi connectivity index (χ4v) is 2.60. The van der Waals surface area contributed by atoms with Crippen molar-refractivity contribution < 1.29 is 19.1 Å². The van der Waals surface area contributed by atoms with Crippen molar-refractivity contribution in [1.82, 2.24) is 9.78 Å². The number of aryl methyl sites for hydroxylation is 1. The quantitative estimate of drug-likeness (QED) is 0.664. The Balaban J connectivity index is 1.71. The summed E-state index contributed by atoms with van der Waals surface area (Å²) < 4.78 is 12.0. The second-order valence-electron chi connectivity index (χ2n) is 6.23. The number of aromatic nitrogens is 2. The Kier molecular flexibility index (Phi) is 5.74. The Hall–Kier alpha value is -3.61. The van der Waals surface area contributed by atoms with E-state index in [4.69, 9.17) is 9.47 Å². The number of nitrogens with one attached hydrogen (secondary N) is 1. The molecule has 1 aromatic heterocycles. The molecule has 1 atom stereocenters. The summed E-state index contributed by atoms with van der Waals surface area (Å²) in [4.78, 5) is 24.9. The van der Waals surface area contributed by atoms with E-state index >= 15 is 0 Å². The minimum Gasteiger partial charge on any atom is -0.493 e. The van der Waals surface area contributed by atoms with Crippen LogP contribution in [0.3, 0.4) is 0 Å². The van der Waals surface area contributed by atoms with Gasteiger partial charge in [0.05, 0.1) is 19.0 Å². The largest absolute Gasteiger partial charge is 0.493 e. The predicted octanol–water partition coefficient (Wildman–Crippen LogP) is 3.37. The first kappa shape index (κ1) is 19.2. The van der Waals surface area contributed by atoms with Gasteiger partial charge in [-0.3, -0.25) is 4.79 Å². The SMILES string of the molecule is COc1cn(-c2ccccc2)nc1C(=O)O[C@@H](C)C(=O)Nc1cccc(C)c1. The number of hydrogen-bond acceptors (Lipinski definition) is 5. The molecule has 28 heavy (non-hydrogen) atoms. The Morgan fingerprint density at radius 3 is 2.54 bits per heavy atom. The van der Waals surface area contributed by atoms with Crippen molar-refractivity contribution in [3.8, 4) is 11.4 Å². The molecule has 3 rings (SSSR count). The van der Waals surface area contributed by atoms with E-state index in [0.717, 1.165) is 11.3 Å². The van der Waals surface area contributed by atoms with Crippen molar-refractivity contribution in [3.05, 3.63) is 72.1 Å². The lowest BCUT2D eigenvalue weighted by Crippen LogP contribution is -2.30. The van der Waals surface area contributed by atoms with E-state index in [1.807, 2.05) is 55.5 Å². The van der Waals surface area contributed by atoms with E-state index in [1.165, 1.54) is 18.7 Å². The van der Waals surface area contributed by atoms with E-state index in [0.29, 0.717) is 5.69 Å². The van der Waals surface area contributed by atoms with Gasteiger partial charge in [-0.05, 0) is 43.7 Å². The summed E-state index contributed by atoms with van der Waals surface area (Å²) in [5, 5.41) is 6.97. The molecule has 0 fully saturated rings. The number of nitrogens with zero attached hydrogens (tertiary/aromatic N) is 2. The van der Waals surface area contributed by atoms with Crippen LogP contribution >= 0.6 is 0 Å². The number of ether oxygens (including phenoxy) is 2. The van der Waals surface area contributed by atoms with Gasteiger partial charge in [0.15, 0.2) is 11.9 Å². The van der Waals surface area contributed by atoms with Crippen LogP contribution in [0.4, 0.5) is 5.69 Å². The summed E-state index contributed by atoms with van der Waals surface area (Å²) in [6.07, 6.45) is 0.586. The van der Waals surface area contributed by atoms with Crippen molar-refractivity contribution >= 4 is 17.6 Å². The van der Waals surface area contributed by atoms with Crippen molar-refractivity contribution in [2.24, 2.45) is 0 Å². The second kappa shape index (κ2) is 8.39. The lowest BCUT2D eigenvalue weighted by molar-refractivity contribution is -0.123. The zero-order valence-corrected chi connectivity index (χ0v) is 15.9. The molecular weight excluding hydrogens is 358 g/mol. The number of amides is 1. The highest BCUT2D eigenvalue weighted by Crippen LogP contribution is 2.21. The first-order chi connectivity index (χ1) is 13.5. The maximum atomic E-state index is 12.5. The average Bonchev–Trinajstić information content (AvgIpc) is 3.13. The van der Waals surface area contributed by atoms with Crippen LogP contribution in [0.25, 0.3) is 5.69 Å². The summed E-state index contributed by atoms with van der Waals surface area (Å²) >= 11 is 0. The van der Waals surface area contributed by atoms with E-state index < -0.39 is 18.0 Å². The van der Waals surface area contributed by atoms with Crippen molar-refractivity contribution in [2.45, 2.75) is 20.0 Å². The van der Waals surface area contributed by atoms with Crippen LogP contribution in [0.15, 0.2) is 60.8 Å². The minimum absolute atomic E-state index is 0.00144. The van der Waals surface area contributed by atoms with Crippen LogP contribution < -0.4 is 10.1 Å². The molecule has 144 valence electrons. The van der Waals surface area contributed by atoms with Crippen LogP contribution in [-0.4, -0.2) is 34.9 Å². The van der Waals surface area contributed by atoms with Crippen LogP contribution in [0.2, 0.25) is 0 Å². The molecule has 7 nitrogen and oxygen atoms in total. The van der Waals surface area contributed by atoms with E-state index in [-0.39, 0.29) is 11.4 Å². The molecule has 0 saturated carbocycles. The van der Waals surface area contributed by atoms with Gasteiger partial charge in [-0.25, -0.2) is 9.48 Å². The monoisotopic (exact) mass is 379 g/mol. The van der Waals surface area contributed by atoms with Crippen molar-refractivity contribution in [2.75, 3.05) is 12.4 Å². The maximum Gasteiger partial charge on any atom is 0.363 e. The molecule has 0 aliphatic heterocycles. The molecule has 0 aliphatic rings. The van der Waals surface area contributed by atoms with Crippen molar-refractivity contribution in [3.63, 3.8) is 0 Å². The highest BCUT2D eigenvalue weighted by atomic mass is 16.6. The van der Waals surface area contributed by atoms with Crippen LogP contribution in [0.5, 0.6) is 5.75 Å². The molecule has 2 aromatic carbocycles. The van der Waals surface area contributed by atoms with Gasteiger partial charge in [0.2, 0.25) is 5.69 Å². The molecule has 1 heterocycles. The number of benzene rings is 2. The number of rotatable bonds is 6. The number of carbonyl (C=O) groups is 2. The Labute approximate surface area is 162 Å². The lowest BCUT2D eigenvalue weighted by atomic mass is 10.2. The highest BCUT2D eigenvalue weighted by Gasteiger charge is 2.25. The molecule has 0 unspecified atom stereocenters. The Morgan fingerprint density at radius 2 is 1.86 bits per heavy atom. The van der Waals surface area contributed by atoms with Gasteiger partial charge in [0.1, 0.15) is 0 Å². The van der Waals surface area contributed by atoms with Gasteiger partial charge in [0, 0.05) is 5.69 Å². The number of methoxy groups -OCH3 is 1. The third kappa shape index (κ3) is 4.37. The first-order valence-corrected chi connectivity index (χ1v) is 8.75. The third-order valence-electron chi connectivity index (χ3n) is 4.05. The smallest absolute Gasteiger partial charge is 0.363 e. The molecule has 1 N–H and O–H groups in total. The summed E-state index contributed by atoms with van der Waals surface area (Å²) in [5.41, 5.74) is 2.42. The second-order valence-corrected chi connectivity index (χ2v) is 6.23. The molecule has 7 heteroatoms. The van der Waals surface area contributed by atoms with Crippen LogP contribution in [0.1, 0.15) is 23.0 Å². The lowest BCUT2D eigenvalue weighted by Gasteiger charge is -2.13. The van der Waals surface area contributed by atoms with Gasteiger partial charge < -0.3 is 14.8 Å². The summed E-state index contributed by atoms with van der Waals surface area (Å²) in [6.45, 7) is 3.43. The summed E-state index contributed by atoms with van der Waals surface area (Å²) in [6, 6.07) is 16.7. The van der Waals surface area contributed by atoms with Crippen molar-refractivity contribution in [1.29, 1.82) is 0 Å². The Bertz CT molecular complexity index is 982.